The summed E-state index contributed by atoms with van der Waals surface area (Å²) in [5, 5.41) is 0. The van der Waals surface area contributed by atoms with Crippen molar-refractivity contribution >= 4 is 19.4 Å². The zero-order chi connectivity index (χ0) is 12.2. The normalized spacial score (nSPS) is 25.8. The fourth-order valence-electron chi connectivity index (χ4n) is 2.30. The minimum absolute atomic E-state index is 0.0541. The first-order valence-corrected chi connectivity index (χ1v) is 5.88. The molecular formula is C11H20BN2O2. The Morgan fingerprint density at radius 1 is 1.69 bits per heavy atom. The molecule has 0 amide bonds. The maximum absolute atomic E-state index is 11.8. The zero-order valence-electron chi connectivity index (χ0n) is 10.1. The summed E-state index contributed by atoms with van der Waals surface area (Å²) in [7, 11) is 1.15. The Morgan fingerprint density at radius 2 is 2.38 bits per heavy atom. The lowest BCUT2D eigenvalue weighted by atomic mass is 9.72. The Bertz CT molecular complexity index is 273. The van der Waals surface area contributed by atoms with Crippen LogP contribution in [0.2, 0.25) is 0 Å². The number of nitrogens with zero attached hydrogens (tertiary/aromatic N) is 1. The third kappa shape index (κ3) is 2.52. The SMILES string of the molecule is CCC(C)(C(=O)[B]N)N1CCCC(C=O)C1. The van der Waals surface area contributed by atoms with Crippen LogP contribution in [0.3, 0.4) is 0 Å². The van der Waals surface area contributed by atoms with Crippen LogP contribution in [-0.4, -0.2) is 42.9 Å². The Kier molecular flexibility index (Phi) is 4.68. The van der Waals surface area contributed by atoms with Crippen molar-refractivity contribution in [2.24, 2.45) is 11.6 Å². The molecule has 1 rings (SSSR count). The van der Waals surface area contributed by atoms with Gasteiger partial charge in [0.05, 0.1) is 5.54 Å². The standard InChI is InChI=1S/C11H20BN2O2/c1-3-11(2,10(16)12-13)14-6-4-5-9(7-14)8-15/h8-9H,3-7,13H2,1-2H3. The predicted octanol–water partition coefficient (Wildman–Crippen LogP) is 0.170. The monoisotopic (exact) mass is 223 g/mol. The highest BCUT2D eigenvalue weighted by Gasteiger charge is 2.38. The van der Waals surface area contributed by atoms with Crippen LogP contribution >= 0.6 is 0 Å². The molecule has 0 aromatic heterocycles. The van der Waals surface area contributed by atoms with Crippen LogP contribution in [0.4, 0.5) is 0 Å². The first-order chi connectivity index (χ1) is 7.58. The Hall–Kier alpha value is -0.675. The molecule has 0 aromatic rings. The lowest BCUT2D eigenvalue weighted by Gasteiger charge is -2.43. The van der Waals surface area contributed by atoms with Crippen LogP contribution in [0.15, 0.2) is 0 Å². The minimum Gasteiger partial charge on any atom is -0.367 e. The molecule has 1 saturated heterocycles. The number of nitrogens with two attached hydrogens (primary N) is 1. The first kappa shape index (κ1) is 13.4. The van der Waals surface area contributed by atoms with E-state index >= 15 is 0 Å². The van der Waals surface area contributed by atoms with Crippen molar-refractivity contribution in [3.63, 3.8) is 0 Å². The second-order valence-electron chi connectivity index (χ2n) is 4.64. The highest BCUT2D eigenvalue weighted by Crippen LogP contribution is 2.26. The molecule has 1 aliphatic rings. The number of hydrogen-bond donors (Lipinski definition) is 1. The molecule has 2 unspecified atom stereocenters. The molecule has 0 spiro atoms. The van der Waals surface area contributed by atoms with Gasteiger partial charge in [0.1, 0.15) is 12.0 Å². The topological polar surface area (TPSA) is 63.4 Å². The number of aldehydes is 1. The van der Waals surface area contributed by atoms with Gasteiger partial charge >= 0.3 is 0 Å². The predicted molar refractivity (Wildman–Crippen MR) is 64.0 cm³/mol. The van der Waals surface area contributed by atoms with Crippen LogP contribution in [0, 0.1) is 5.92 Å². The largest absolute Gasteiger partial charge is 0.367 e. The molecule has 0 saturated carbocycles. The van der Waals surface area contributed by atoms with E-state index in [1.54, 1.807) is 0 Å². The van der Waals surface area contributed by atoms with Gasteiger partial charge in [0, 0.05) is 12.5 Å². The average molecular weight is 223 g/mol. The third-order valence-corrected chi connectivity index (χ3v) is 3.72. The lowest BCUT2D eigenvalue weighted by molar-refractivity contribution is -0.126. The molecule has 89 valence electrons. The van der Waals surface area contributed by atoms with Gasteiger partial charge in [-0.15, -0.1) is 0 Å². The van der Waals surface area contributed by atoms with Crippen molar-refractivity contribution in [3.05, 3.63) is 0 Å². The molecule has 1 radical (unpaired) electrons. The van der Waals surface area contributed by atoms with E-state index in [2.05, 4.69) is 4.90 Å². The maximum Gasteiger partial charge on any atom is 0.294 e. The number of carbonyl (C=O) groups excluding carboxylic acids is 2. The van der Waals surface area contributed by atoms with Gasteiger partial charge in [0.2, 0.25) is 0 Å². The van der Waals surface area contributed by atoms with E-state index in [0.717, 1.165) is 33.1 Å². The number of likely N-dealkylation sites (tertiary alicyclic amines) is 1. The van der Waals surface area contributed by atoms with Gasteiger partial charge in [0.25, 0.3) is 7.41 Å². The highest BCUT2D eigenvalue weighted by molar-refractivity contribution is 6.73. The van der Waals surface area contributed by atoms with E-state index in [1.807, 2.05) is 13.8 Å². The van der Waals surface area contributed by atoms with Crippen LogP contribution in [-0.2, 0) is 9.59 Å². The summed E-state index contributed by atoms with van der Waals surface area (Å²) in [5.41, 5.74) is 4.74. The number of hydrogen-bond acceptors (Lipinski definition) is 4. The van der Waals surface area contributed by atoms with Gasteiger partial charge in [-0.2, -0.15) is 0 Å². The van der Waals surface area contributed by atoms with Crippen molar-refractivity contribution in [2.45, 2.75) is 38.6 Å². The summed E-state index contributed by atoms with van der Waals surface area (Å²) < 4.78 is 0. The smallest absolute Gasteiger partial charge is 0.294 e. The van der Waals surface area contributed by atoms with Crippen molar-refractivity contribution in [2.75, 3.05) is 13.1 Å². The van der Waals surface area contributed by atoms with Crippen molar-refractivity contribution in [1.29, 1.82) is 0 Å². The molecule has 5 heteroatoms. The molecule has 2 N–H and O–H groups in total. The Labute approximate surface area is 97.8 Å². The summed E-state index contributed by atoms with van der Waals surface area (Å²) in [4.78, 5) is 24.8. The Morgan fingerprint density at radius 3 is 2.88 bits per heavy atom. The summed E-state index contributed by atoms with van der Waals surface area (Å²) in [6.45, 7) is 5.43. The van der Waals surface area contributed by atoms with Gasteiger partial charge in [-0.05, 0) is 32.7 Å². The van der Waals surface area contributed by atoms with Crippen molar-refractivity contribution in [3.8, 4) is 0 Å². The average Bonchev–Trinajstić information content (AvgIpc) is 2.36. The van der Waals surface area contributed by atoms with Crippen LogP contribution in [0.5, 0.6) is 0 Å². The molecule has 0 bridgehead atoms. The van der Waals surface area contributed by atoms with E-state index in [0.29, 0.717) is 13.0 Å². The van der Waals surface area contributed by atoms with E-state index < -0.39 is 5.54 Å². The van der Waals surface area contributed by atoms with Crippen molar-refractivity contribution in [1.82, 2.24) is 4.90 Å². The molecule has 1 fully saturated rings. The van der Waals surface area contributed by atoms with E-state index in [-0.39, 0.29) is 11.6 Å². The Balaban J connectivity index is 2.79. The van der Waals surface area contributed by atoms with E-state index in [4.69, 9.17) is 5.64 Å². The zero-order valence-corrected chi connectivity index (χ0v) is 10.1. The van der Waals surface area contributed by atoms with E-state index in [9.17, 15) is 9.59 Å². The molecule has 16 heavy (non-hydrogen) atoms. The minimum atomic E-state index is -0.545. The maximum atomic E-state index is 11.8. The number of rotatable bonds is 5. The van der Waals surface area contributed by atoms with Gasteiger partial charge in [-0.25, -0.2) is 0 Å². The molecule has 2 atom stereocenters. The van der Waals surface area contributed by atoms with Crippen LogP contribution in [0.1, 0.15) is 33.1 Å². The fraction of sp³-hybridized carbons (Fsp3) is 0.818. The number of carbonyl (C=O) groups is 2. The summed E-state index contributed by atoms with van der Waals surface area (Å²) in [6.07, 6.45) is 3.61. The molecule has 0 aliphatic carbocycles. The lowest BCUT2D eigenvalue weighted by Crippen LogP contribution is -2.58. The third-order valence-electron chi connectivity index (χ3n) is 3.72. The molecule has 1 aliphatic heterocycles. The van der Waals surface area contributed by atoms with Gasteiger partial charge in [-0.3, -0.25) is 4.90 Å². The van der Waals surface area contributed by atoms with Gasteiger partial charge in [0.15, 0.2) is 0 Å². The summed E-state index contributed by atoms with van der Waals surface area (Å²) >= 11 is 0. The van der Waals surface area contributed by atoms with Crippen LogP contribution < -0.4 is 5.64 Å². The molecule has 1 heterocycles. The molecular weight excluding hydrogens is 203 g/mol. The second-order valence-corrected chi connectivity index (χ2v) is 4.64. The first-order valence-electron chi connectivity index (χ1n) is 5.88. The summed E-state index contributed by atoms with van der Waals surface area (Å²) in [6, 6.07) is 0. The van der Waals surface area contributed by atoms with E-state index in [1.165, 1.54) is 0 Å². The quantitative estimate of drug-likeness (QED) is 0.533. The fourth-order valence-corrected chi connectivity index (χ4v) is 2.30. The summed E-state index contributed by atoms with van der Waals surface area (Å²) in [5.74, 6) is 0.0604. The van der Waals surface area contributed by atoms with Crippen molar-refractivity contribution < 1.29 is 9.59 Å². The highest BCUT2D eigenvalue weighted by atomic mass is 16.1. The number of piperidine rings is 1. The molecule has 0 aromatic carbocycles. The second kappa shape index (κ2) is 5.59. The van der Waals surface area contributed by atoms with Gasteiger partial charge < -0.3 is 15.2 Å². The van der Waals surface area contributed by atoms with Crippen LogP contribution in [0.25, 0.3) is 0 Å². The molecule has 4 nitrogen and oxygen atoms in total. The van der Waals surface area contributed by atoms with Gasteiger partial charge in [-0.1, -0.05) is 6.92 Å².